The van der Waals surface area contributed by atoms with Gasteiger partial charge in [0.05, 0.1) is 0 Å². The second-order valence-corrected chi connectivity index (χ2v) is 4.71. The van der Waals surface area contributed by atoms with Crippen LogP contribution in [0.2, 0.25) is 0 Å². The molecule has 2 aliphatic rings. The standard InChI is InChI=1S/C10H18.C6H8/c1-3-9-7-5-6-8-10(9)4-2;1-2-4-6-5-3-1/h5-6,9-10H,3-4,7-8H2,1-2H3;1-4H,5-6H2. The van der Waals surface area contributed by atoms with Gasteiger partial charge in [-0.05, 0) is 37.5 Å². The molecule has 2 aliphatic carbocycles. The van der Waals surface area contributed by atoms with Crippen molar-refractivity contribution < 1.29 is 0 Å². The van der Waals surface area contributed by atoms with Crippen LogP contribution < -0.4 is 0 Å². The Morgan fingerprint density at radius 3 is 1.44 bits per heavy atom. The minimum atomic E-state index is 0.981. The first kappa shape index (κ1) is 13.3. The molecule has 0 fully saturated rings. The molecular formula is C16H26. The van der Waals surface area contributed by atoms with Crippen LogP contribution in [0.15, 0.2) is 36.5 Å². The highest BCUT2D eigenvalue weighted by Gasteiger charge is 2.18. The van der Waals surface area contributed by atoms with Crippen LogP contribution in [0.3, 0.4) is 0 Å². The van der Waals surface area contributed by atoms with Crippen LogP contribution in [0.1, 0.15) is 52.4 Å². The van der Waals surface area contributed by atoms with E-state index >= 15 is 0 Å². The number of hydrogen-bond donors (Lipinski definition) is 0. The van der Waals surface area contributed by atoms with E-state index < -0.39 is 0 Å². The summed E-state index contributed by atoms with van der Waals surface area (Å²) >= 11 is 0. The quantitative estimate of drug-likeness (QED) is 0.553. The Labute approximate surface area is 101 Å². The summed E-state index contributed by atoms with van der Waals surface area (Å²) in [5.41, 5.74) is 0. The second kappa shape index (κ2) is 8.38. The molecule has 90 valence electrons. The van der Waals surface area contributed by atoms with E-state index in [-0.39, 0.29) is 0 Å². The molecule has 0 bridgehead atoms. The molecule has 0 N–H and O–H groups in total. The van der Waals surface area contributed by atoms with E-state index in [0.29, 0.717) is 0 Å². The van der Waals surface area contributed by atoms with Gasteiger partial charge in [0.15, 0.2) is 0 Å². The molecule has 0 heteroatoms. The van der Waals surface area contributed by atoms with Crippen LogP contribution in [0.25, 0.3) is 0 Å². The smallest absolute Gasteiger partial charge is 0.0313 e. The van der Waals surface area contributed by atoms with Crippen molar-refractivity contribution in [2.75, 3.05) is 0 Å². The van der Waals surface area contributed by atoms with Gasteiger partial charge in [0, 0.05) is 0 Å². The maximum atomic E-state index is 2.35. The van der Waals surface area contributed by atoms with Crippen LogP contribution in [0, 0.1) is 11.8 Å². The fourth-order valence-electron chi connectivity index (χ4n) is 2.47. The van der Waals surface area contributed by atoms with Gasteiger partial charge in [0.25, 0.3) is 0 Å². The number of allylic oxidation sites excluding steroid dienone is 6. The normalized spacial score (nSPS) is 27.4. The molecule has 0 nitrogen and oxygen atoms in total. The maximum absolute atomic E-state index is 2.35. The molecule has 2 unspecified atom stereocenters. The molecule has 2 rings (SSSR count). The summed E-state index contributed by atoms with van der Waals surface area (Å²) in [6.07, 6.45) is 21.1. The largest absolute Gasteiger partial charge is 0.0882 e. The van der Waals surface area contributed by atoms with Crippen molar-refractivity contribution in [2.24, 2.45) is 11.8 Å². The first-order valence-corrected chi connectivity index (χ1v) is 6.85. The average Bonchev–Trinajstić information content (AvgIpc) is 2.41. The van der Waals surface area contributed by atoms with Crippen LogP contribution in [-0.2, 0) is 0 Å². The summed E-state index contributed by atoms with van der Waals surface area (Å²) in [5, 5.41) is 0. The van der Waals surface area contributed by atoms with Gasteiger partial charge >= 0.3 is 0 Å². The summed E-state index contributed by atoms with van der Waals surface area (Å²) in [4.78, 5) is 0. The molecule has 0 aromatic rings. The van der Waals surface area contributed by atoms with Gasteiger partial charge in [-0.2, -0.15) is 0 Å². The number of hydrogen-bond acceptors (Lipinski definition) is 0. The van der Waals surface area contributed by atoms with Gasteiger partial charge in [-0.3, -0.25) is 0 Å². The van der Waals surface area contributed by atoms with Crippen molar-refractivity contribution in [1.29, 1.82) is 0 Å². The summed E-state index contributed by atoms with van der Waals surface area (Å²) in [6.45, 7) is 4.62. The maximum Gasteiger partial charge on any atom is -0.0313 e. The van der Waals surface area contributed by atoms with E-state index in [4.69, 9.17) is 0 Å². The van der Waals surface area contributed by atoms with Crippen LogP contribution in [0.4, 0.5) is 0 Å². The molecule has 0 radical (unpaired) electrons. The van der Waals surface area contributed by atoms with Crippen molar-refractivity contribution in [3.63, 3.8) is 0 Å². The first-order chi connectivity index (χ1) is 7.88. The topological polar surface area (TPSA) is 0 Å². The lowest BCUT2D eigenvalue weighted by molar-refractivity contribution is 0.305. The van der Waals surface area contributed by atoms with Crippen molar-refractivity contribution in [1.82, 2.24) is 0 Å². The van der Waals surface area contributed by atoms with E-state index in [1.165, 1.54) is 38.5 Å². The lowest BCUT2D eigenvalue weighted by Gasteiger charge is -2.26. The highest BCUT2D eigenvalue weighted by molar-refractivity contribution is 5.07. The summed E-state index contributed by atoms with van der Waals surface area (Å²) < 4.78 is 0. The Morgan fingerprint density at radius 2 is 1.19 bits per heavy atom. The van der Waals surface area contributed by atoms with Gasteiger partial charge in [-0.25, -0.2) is 0 Å². The third kappa shape index (κ3) is 4.83. The van der Waals surface area contributed by atoms with Gasteiger partial charge in [0.1, 0.15) is 0 Å². The van der Waals surface area contributed by atoms with Gasteiger partial charge in [-0.15, -0.1) is 0 Å². The molecule has 16 heavy (non-hydrogen) atoms. The molecule has 0 spiro atoms. The molecule has 0 amide bonds. The summed E-state index contributed by atoms with van der Waals surface area (Å²) in [6, 6.07) is 0. The van der Waals surface area contributed by atoms with Crippen molar-refractivity contribution in [2.45, 2.75) is 52.4 Å². The lowest BCUT2D eigenvalue weighted by atomic mass is 9.80. The minimum absolute atomic E-state index is 0.981. The SMILES string of the molecule is C1=CCCC=C1.CCC1CC=CCC1CC. The Balaban J connectivity index is 0.000000181. The lowest BCUT2D eigenvalue weighted by Crippen LogP contribution is -2.14. The minimum Gasteiger partial charge on any atom is -0.0882 e. The van der Waals surface area contributed by atoms with Crippen LogP contribution >= 0.6 is 0 Å². The Hall–Kier alpha value is -0.780. The van der Waals surface area contributed by atoms with Gasteiger partial charge < -0.3 is 0 Å². The zero-order valence-electron chi connectivity index (χ0n) is 10.9. The first-order valence-electron chi connectivity index (χ1n) is 6.85. The van der Waals surface area contributed by atoms with E-state index in [0.717, 1.165) is 11.8 Å². The zero-order valence-corrected chi connectivity index (χ0v) is 10.9. The Kier molecular flexibility index (Phi) is 6.96. The monoisotopic (exact) mass is 218 g/mol. The van der Waals surface area contributed by atoms with Crippen molar-refractivity contribution in [3.05, 3.63) is 36.5 Å². The number of rotatable bonds is 2. The van der Waals surface area contributed by atoms with E-state index in [2.05, 4.69) is 50.3 Å². The third-order valence-corrected chi connectivity index (χ3v) is 3.64. The second-order valence-electron chi connectivity index (χ2n) is 4.71. The van der Waals surface area contributed by atoms with Crippen molar-refractivity contribution in [3.8, 4) is 0 Å². The average molecular weight is 218 g/mol. The molecule has 0 aliphatic heterocycles. The van der Waals surface area contributed by atoms with E-state index in [1.807, 2.05) is 0 Å². The van der Waals surface area contributed by atoms with Gasteiger partial charge in [-0.1, -0.05) is 63.1 Å². The predicted octanol–water partition coefficient (Wildman–Crippen LogP) is 5.28. The van der Waals surface area contributed by atoms with Crippen LogP contribution in [0.5, 0.6) is 0 Å². The summed E-state index contributed by atoms with van der Waals surface area (Å²) in [7, 11) is 0. The molecule has 0 saturated carbocycles. The van der Waals surface area contributed by atoms with E-state index in [1.54, 1.807) is 0 Å². The Bertz CT molecular complexity index is 219. The summed E-state index contributed by atoms with van der Waals surface area (Å²) in [5.74, 6) is 1.96. The third-order valence-electron chi connectivity index (χ3n) is 3.64. The highest BCUT2D eigenvalue weighted by atomic mass is 14.2. The predicted molar refractivity (Wildman–Crippen MR) is 73.5 cm³/mol. The molecule has 2 atom stereocenters. The molecule has 0 saturated heterocycles. The molecule has 0 aromatic heterocycles. The highest BCUT2D eigenvalue weighted by Crippen LogP contribution is 2.29. The fourth-order valence-corrected chi connectivity index (χ4v) is 2.47. The van der Waals surface area contributed by atoms with E-state index in [9.17, 15) is 0 Å². The molecule has 0 heterocycles. The molecular weight excluding hydrogens is 192 g/mol. The van der Waals surface area contributed by atoms with Crippen molar-refractivity contribution >= 4 is 0 Å². The fraction of sp³-hybridized carbons (Fsp3) is 0.625. The molecule has 0 aromatic carbocycles. The van der Waals surface area contributed by atoms with Crippen LogP contribution in [-0.4, -0.2) is 0 Å². The zero-order chi connectivity index (χ0) is 11.6. The Morgan fingerprint density at radius 1 is 0.750 bits per heavy atom. The van der Waals surface area contributed by atoms with Gasteiger partial charge in [0.2, 0.25) is 0 Å².